The maximum absolute atomic E-state index is 11.5. The van der Waals surface area contributed by atoms with E-state index in [2.05, 4.69) is 22.6 Å². The molecular formula is C16H21IO4. The van der Waals surface area contributed by atoms with Crippen molar-refractivity contribution in [3.8, 4) is 0 Å². The molecule has 1 aromatic rings. The minimum Gasteiger partial charge on any atom is -0.466 e. The van der Waals surface area contributed by atoms with Crippen LogP contribution in [0.5, 0.6) is 0 Å². The van der Waals surface area contributed by atoms with Gasteiger partial charge in [-0.25, -0.2) is 0 Å². The van der Waals surface area contributed by atoms with Gasteiger partial charge in [-0.15, -0.1) is 0 Å². The van der Waals surface area contributed by atoms with Crippen LogP contribution >= 0.6 is 22.6 Å². The quantitative estimate of drug-likeness (QED) is 0.357. The van der Waals surface area contributed by atoms with Gasteiger partial charge in [0.15, 0.2) is 0 Å². The third-order valence-electron chi connectivity index (χ3n) is 2.84. The van der Waals surface area contributed by atoms with E-state index in [1.807, 2.05) is 31.2 Å². The number of carbonyl (C=O) groups excluding carboxylic acids is 2. The lowest BCUT2D eigenvalue weighted by Crippen LogP contribution is -2.08. The Kier molecular flexibility index (Phi) is 9.05. The highest BCUT2D eigenvalue weighted by atomic mass is 127. The summed E-state index contributed by atoms with van der Waals surface area (Å²) in [6, 6.07) is 7.80. The number of unbranched alkanes of at least 4 members (excludes halogenated alkanes) is 1. The summed E-state index contributed by atoms with van der Waals surface area (Å²) in [5.41, 5.74) is 0.961. The van der Waals surface area contributed by atoms with Crippen molar-refractivity contribution in [1.29, 1.82) is 0 Å². The van der Waals surface area contributed by atoms with Gasteiger partial charge in [0.2, 0.25) is 0 Å². The predicted molar refractivity (Wildman–Crippen MR) is 88.7 cm³/mol. The van der Waals surface area contributed by atoms with Gasteiger partial charge >= 0.3 is 11.9 Å². The minimum absolute atomic E-state index is 0.242. The third kappa shape index (κ3) is 8.70. The van der Waals surface area contributed by atoms with E-state index in [1.54, 1.807) is 0 Å². The maximum atomic E-state index is 11.5. The zero-order valence-electron chi connectivity index (χ0n) is 12.3. The van der Waals surface area contributed by atoms with E-state index in [0.717, 1.165) is 22.0 Å². The summed E-state index contributed by atoms with van der Waals surface area (Å²) >= 11 is 2.22. The van der Waals surface area contributed by atoms with Crippen molar-refractivity contribution in [3.63, 3.8) is 0 Å². The Bertz CT molecular complexity index is 442. The van der Waals surface area contributed by atoms with Crippen LogP contribution in [0.15, 0.2) is 24.3 Å². The van der Waals surface area contributed by atoms with Crippen molar-refractivity contribution in [2.24, 2.45) is 0 Å². The highest BCUT2D eigenvalue weighted by Crippen LogP contribution is 2.09. The fourth-order valence-electron chi connectivity index (χ4n) is 1.60. The SMILES string of the molecule is CCCCOC(=O)CCCC(=O)OCc1ccc(I)cc1. The van der Waals surface area contributed by atoms with Crippen molar-refractivity contribution in [2.45, 2.75) is 45.6 Å². The Morgan fingerprint density at radius 1 is 1.00 bits per heavy atom. The summed E-state index contributed by atoms with van der Waals surface area (Å²) in [6.07, 6.45) is 2.86. The highest BCUT2D eigenvalue weighted by molar-refractivity contribution is 14.1. The first-order valence-corrected chi connectivity index (χ1v) is 8.25. The van der Waals surface area contributed by atoms with E-state index >= 15 is 0 Å². The molecule has 1 aromatic carbocycles. The molecule has 0 N–H and O–H groups in total. The van der Waals surface area contributed by atoms with Crippen LogP contribution in [0.1, 0.15) is 44.6 Å². The zero-order chi connectivity index (χ0) is 15.5. The van der Waals surface area contributed by atoms with Crippen molar-refractivity contribution in [1.82, 2.24) is 0 Å². The van der Waals surface area contributed by atoms with Crippen molar-refractivity contribution in [3.05, 3.63) is 33.4 Å². The van der Waals surface area contributed by atoms with Crippen LogP contribution in [0, 0.1) is 3.57 Å². The molecule has 21 heavy (non-hydrogen) atoms. The molecule has 0 atom stereocenters. The molecule has 5 heteroatoms. The lowest BCUT2D eigenvalue weighted by atomic mass is 10.2. The lowest BCUT2D eigenvalue weighted by Gasteiger charge is -2.06. The Morgan fingerprint density at radius 3 is 2.24 bits per heavy atom. The van der Waals surface area contributed by atoms with Gasteiger partial charge in [0.05, 0.1) is 6.61 Å². The molecule has 0 aromatic heterocycles. The molecule has 0 fully saturated rings. The topological polar surface area (TPSA) is 52.6 Å². The average Bonchev–Trinajstić information content (AvgIpc) is 2.47. The Balaban J connectivity index is 2.11. The summed E-state index contributed by atoms with van der Waals surface area (Å²) in [6.45, 7) is 2.78. The molecule has 0 aliphatic heterocycles. The van der Waals surface area contributed by atoms with Gasteiger partial charge in [-0.05, 0) is 53.1 Å². The molecule has 0 unspecified atom stereocenters. The Morgan fingerprint density at radius 2 is 1.62 bits per heavy atom. The second-order valence-electron chi connectivity index (χ2n) is 4.71. The first kappa shape index (κ1) is 17.9. The van der Waals surface area contributed by atoms with Crippen molar-refractivity contribution >= 4 is 34.5 Å². The highest BCUT2D eigenvalue weighted by Gasteiger charge is 2.07. The number of halogens is 1. The molecule has 0 bridgehead atoms. The average molecular weight is 404 g/mol. The monoisotopic (exact) mass is 404 g/mol. The molecule has 0 aliphatic rings. The second-order valence-corrected chi connectivity index (χ2v) is 5.96. The minimum atomic E-state index is -0.282. The van der Waals surface area contributed by atoms with Gasteiger partial charge in [0.25, 0.3) is 0 Å². The van der Waals surface area contributed by atoms with E-state index in [1.165, 1.54) is 0 Å². The van der Waals surface area contributed by atoms with Crippen LogP contribution in [0.2, 0.25) is 0 Å². The molecule has 0 saturated carbocycles. The van der Waals surface area contributed by atoms with Crippen LogP contribution in [-0.2, 0) is 25.7 Å². The molecule has 0 amide bonds. The van der Waals surface area contributed by atoms with Crippen molar-refractivity contribution in [2.75, 3.05) is 6.61 Å². The number of hydrogen-bond donors (Lipinski definition) is 0. The van der Waals surface area contributed by atoms with E-state index in [-0.39, 0.29) is 31.4 Å². The Labute approximate surface area is 139 Å². The summed E-state index contributed by atoms with van der Waals surface area (Å²) in [4.78, 5) is 22.9. The molecule has 1 rings (SSSR count). The zero-order valence-corrected chi connectivity index (χ0v) is 14.4. The van der Waals surface area contributed by atoms with Gasteiger partial charge in [0.1, 0.15) is 6.61 Å². The van der Waals surface area contributed by atoms with E-state index < -0.39 is 0 Å². The van der Waals surface area contributed by atoms with Crippen LogP contribution in [0.3, 0.4) is 0 Å². The first-order valence-electron chi connectivity index (χ1n) is 7.17. The van der Waals surface area contributed by atoms with Crippen LogP contribution in [0.25, 0.3) is 0 Å². The standard InChI is InChI=1S/C16H21IO4/c1-2-3-11-20-15(18)5-4-6-16(19)21-12-13-7-9-14(17)10-8-13/h7-10H,2-6,11-12H2,1H3. The number of benzene rings is 1. The molecular weight excluding hydrogens is 383 g/mol. The Hall–Kier alpha value is -1.11. The van der Waals surface area contributed by atoms with Crippen molar-refractivity contribution < 1.29 is 19.1 Å². The van der Waals surface area contributed by atoms with Crippen LogP contribution in [-0.4, -0.2) is 18.5 Å². The van der Waals surface area contributed by atoms with Gasteiger partial charge in [0, 0.05) is 16.4 Å². The van der Waals surface area contributed by atoms with E-state index in [9.17, 15) is 9.59 Å². The number of rotatable bonds is 9. The molecule has 0 saturated heterocycles. The largest absolute Gasteiger partial charge is 0.466 e. The maximum Gasteiger partial charge on any atom is 0.306 e. The lowest BCUT2D eigenvalue weighted by molar-refractivity contribution is -0.146. The number of esters is 2. The molecule has 4 nitrogen and oxygen atoms in total. The van der Waals surface area contributed by atoms with Gasteiger partial charge < -0.3 is 9.47 Å². The number of hydrogen-bond acceptors (Lipinski definition) is 4. The predicted octanol–water partition coefficient (Wildman–Crippen LogP) is 3.85. The molecule has 0 spiro atoms. The number of ether oxygens (including phenoxy) is 2. The van der Waals surface area contributed by atoms with Gasteiger partial charge in [-0.1, -0.05) is 25.5 Å². The molecule has 0 aliphatic carbocycles. The van der Waals surface area contributed by atoms with Gasteiger partial charge in [-0.2, -0.15) is 0 Å². The molecule has 0 heterocycles. The first-order chi connectivity index (χ1) is 10.1. The summed E-state index contributed by atoms with van der Waals surface area (Å²) in [7, 11) is 0. The van der Waals surface area contributed by atoms with E-state index in [4.69, 9.17) is 9.47 Å². The fourth-order valence-corrected chi connectivity index (χ4v) is 1.96. The summed E-state index contributed by atoms with van der Waals surface area (Å²) < 4.78 is 11.3. The second kappa shape index (κ2) is 10.6. The normalized spacial score (nSPS) is 10.2. The smallest absolute Gasteiger partial charge is 0.306 e. The number of carbonyl (C=O) groups is 2. The molecule has 116 valence electrons. The van der Waals surface area contributed by atoms with Crippen LogP contribution < -0.4 is 0 Å². The van der Waals surface area contributed by atoms with E-state index in [0.29, 0.717) is 13.0 Å². The third-order valence-corrected chi connectivity index (χ3v) is 3.55. The molecule has 0 radical (unpaired) electrons. The fraction of sp³-hybridized carbons (Fsp3) is 0.500. The summed E-state index contributed by atoms with van der Waals surface area (Å²) in [5, 5.41) is 0. The summed E-state index contributed by atoms with van der Waals surface area (Å²) in [5.74, 6) is -0.524. The van der Waals surface area contributed by atoms with Gasteiger partial charge in [-0.3, -0.25) is 9.59 Å². The van der Waals surface area contributed by atoms with Crippen LogP contribution in [0.4, 0.5) is 0 Å².